The molecule has 2 rings (SSSR count). The van der Waals surface area contributed by atoms with Crippen molar-refractivity contribution in [2.45, 2.75) is 26.3 Å². The summed E-state index contributed by atoms with van der Waals surface area (Å²) in [5, 5.41) is 7.13. The van der Waals surface area contributed by atoms with Crippen LogP contribution in [0.4, 0.5) is 0 Å². The number of H-pyrrole nitrogens is 1. The van der Waals surface area contributed by atoms with Gasteiger partial charge in [0, 0.05) is 12.5 Å². The molecule has 0 radical (unpaired) electrons. The number of aromatic amines is 1. The van der Waals surface area contributed by atoms with Crippen LogP contribution >= 0.6 is 12.2 Å². The Kier molecular flexibility index (Phi) is 3.19. The Morgan fingerprint density at radius 3 is 2.62 bits per heavy atom. The highest BCUT2D eigenvalue weighted by Crippen LogP contribution is 2.12. The molecule has 3 nitrogen and oxygen atoms in total. The van der Waals surface area contributed by atoms with E-state index in [1.807, 2.05) is 18.2 Å². The highest BCUT2D eigenvalue weighted by molar-refractivity contribution is 7.71. The molecule has 1 N–H and O–H groups in total. The van der Waals surface area contributed by atoms with Crippen LogP contribution in [-0.2, 0) is 6.42 Å². The second-order valence-electron chi connectivity index (χ2n) is 4.07. The normalized spacial score (nSPS) is 10.9. The van der Waals surface area contributed by atoms with Gasteiger partial charge in [-0.25, -0.2) is 0 Å². The molecule has 0 bridgehead atoms. The van der Waals surface area contributed by atoms with Gasteiger partial charge in [-0.1, -0.05) is 30.3 Å². The van der Waals surface area contributed by atoms with E-state index in [-0.39, 0.29) is 0 Å². The SMILES string of the molecule is CC(C)n1c(Cc2ccccc2)n[nH]c1=S. The summed E-state index contributed by atoms with van der Waals surface area (Å²) in [6.07, 6.45) is 0.812. The number of nitrogens with one attached hydrogen (secondary N) is 1. The van der Waals surface area contributed by atoms with Crippen molar-refractivity contribution in [1.29, 1.82) is 0 Å². The lowest BCUT2D eigenvalue weighted by Gasteiger charge is -2.09. The standard InChI is InChI=1S/C12H15N3S/c1-9(2)15-11(13-14-12(15)16)8-10-6-4-3-5-7-10/h3-7,9H,8H2,1-2H3,(H,14,16). The van der Waals surface area contributed by atoms with Crippen LogP contribution in [0.1, 0.15) is 31.3 Å². The predicted octanol–water partition coefficient (Wildman–Crippen LogP) is 3.11. The monoisotopic (exact) mass is 233 g/mol. The Morgan fingerprint density at radius 1 is 1.31 bits per heavy atom. The average molecular weight is 233 g/mol. The molecule has 0 unspecified atom stereocenters. The summed E-state index contributed by atoms with van der Waals surface area (Å²) in [4.78, 5) is 0. The van der Waals surface area contributed by atoms with Gasteiger partial charge in [0.15, 0.2) is 4.77 Å². The summed E-state index contributed by atoms with van der Waals surface area (Å²) in [5.41, 5.74) is 1.25. The number of benzene rings is 1. The fourth-order valence-corrected chi connectivity index (χ4v) is 2.13. The highest BCUT2D eigenvalue weighted by Gasteiger charge is 2.09. The van der Waals surface area contributed by atoms with Gasteiger partial charge < -0.3 is 4.57 Å². The zero-order valence-corrected chi connectivity index (χ0v) is 10.3. The molecule has 16 heavy (non-hydrogen) atoms. The van der Waals surface area contributed by atoms with Crippen LogP contribution in [0.25, 0.3) is 0 Å². The van der Waals surface area contributed by atoms with Gasteiger partial charge in [0.2, 0.25) is 0 Å². The van der Waals surface area contributed by atoms with Crippen molar-refractivity contribution in [2.24, 2.45) is 0 Å². The summed E-state index contributed by atoms with van der Waals surface area (Å²) in [7, 11) is 0. The van der Waals surface area contributed by atoms with Gasteiger partial charge in [-0.15, -0.1) is 0 Å². The molecule has 0 amide bonds. The minimum atomic E-state index is 0.338. The van der Waals surface area contributed by atoms with Gasteiger partial charge >= 0.3 is 0 Å². The summed E-state index contributed by atoms with van der Waals surface area (Å²) in [6.45, 7) is 4.22. The third-order valence-corrected chi connectivity index (χ3v) is 2.79. The first-order valence-electron chi connectivity index (χ1n) is 5.38. The Hall–Kier alpha value is -1.42. The van der Waals surface area contributed by atoms with E-state index in [0.29, 0.717) is 10.8 Å². The van der Waals surface area contributed by atoms with Gasteiger partial charge in [0.1, 0.15) is 5.82 Å². The molecular formula is C12H15N3S. The second kappa shape index (κ2) is 4.61. The summed E-state index contributed by atoms with van der Waals surface area (Å²) in [5.74, 6) is 0.992. The second-order valence-corrected chi connectivity index (χ2v) is 4.46. The Bertz CT molecular complexity index is 511. The molecule has 1 aromatic carbocycles. The molecule has 0 fully saturated rings. The van der Waals surface area contributed by atoms with E-state index < -0.39 is 0 Å². The molecule has 1 heterocycles. The molecule has 2 aromatic rings. The number of rotatable bonds is 3. The molecule has 0 atom stereocenters. The van der Waals surface area contributed by atoms with Gasteiger partial charge in [-0.2, -0.15) is 5.10 Å². The maximum absolute atomic E-state index is 5.21. The minimum absolute atomic E-state index is 0.338. The Morgan fingerprint density at radius 2 is 2.00 bits per heavy atom. The van der Waals surface area contributed by atoms with Crippen LogP contribution in [0.3, 0.4) is 0 Å². The maximum Gasteiger partial charge on any atom is 0.195 e. The van der Waals surface area contributed by atoms with Crippen molar-refractivity contribution in [3.63, 3.8) is 0 Å². The van der Waals surface area contributed by atoms with Crippen molar-refractivity contribution in [3.05, 3.63) is 46.5 Å². The van der Waals surface area contributed by atoms with Gasteiger partial charge in [0.25, 0.3) is 0 Å². The van der Waals surface area contributed by atoms with Crippen LogP contribution in [0.2, 0.25) is 0 Å². The zero-order chi connectivity index (χ0) is 11.5. The summed E-state index contributed by atoms with van der Waals surface area (Å²) >= 11 is 5.21. The van der Waals surface area contributed by atoms with Crippen molar-refractivity contribution < 1.29 is 0 Å². The first kappa shape index (κ1) is 11.1. The van der Waals surface area contributed by atoms with Gasteiger partial charge in [0.05, 0.1) is 0 Å². The molecule has 0 spiro atoms. The number of aromatic nitrogens is 3. The van der Waals surface area contributed by atoms with Crippen LogP contribution in [0.15, 0.2) is 30.3 Å². The quantitative estimate of drug-likeness (QED) is 0.826. The van der Waals surface area contributed by atoms with E-state index in [2.05, 4.69) is 40.7 Å². The maximum atomic E-state index is 5.21. The molecule has 0 saturated heterocycles. The van der Waals surface area contributed by atoms with Crippen molar-refractivity contribution in [1.82, 2.24) is 14.8 Å². The van der Waals surface area contributed by atoms with Gasteiger partial charge in [-0.3, -0.25) is 5.10 Å². The zero-order valence-electron chi connectivity index (χ0n) is 9.47. The Balaban J connectivity index is 2.32. The smallest absolute Gasteiger partial charge is 0.195 e. The fourth-order valence-electron chi connectivity index (χ4n) is 1.77. The summed E-state index contributed by atoms with van der Waals surface area (Å²) < 4.78 is 2.75. The largest absolute Gasteiger partial charge is 0.301 e. The molecule has 0 aliphatic rings. The first-order chi connectivity index (χ1) is 7.68. The Labute approximate surface area is 100 Å². The number of hydrogen-bond acceptors (Lipinski definition) is 2. The molecule has 0 aliphatic carbocycles. The van der Waals surface area contributed by atoms with E-state index in [4.69, 9.17) is 12.2 Å². The average Bonchev–Trinajstić information content (AvgIpc) is 2.61. The number of hydrogen-bond donors (Lipinski definition) is 1. The predicted molar refractivity (Wildman–Crippen MR) is 67.0 cm³/mol. The lowest BCUT2D eigenvalue weighted by atomic mass is 10.1. The van der Waals surface area contributed by atoms with E-state index in [1.54, 1.807) is 0 Å². The lowest BCUT2D eigenvalue weighted by molar-refractivity contribution is 0.567. The fraction of sp³-hybridized carbons (Fsp3) is 0.333. The van der Waals surface area contributed by atoms with E-state index in [9.17, 15) is 0 Å². The van der Waals surface area contributed by atoms with Crippen LogP contribution in [0.5, 0.6) is 0 Å². The molecule has 1 aromatic heterocycles. The third kappa shape index (κ3) is 2.22. The first-order valence-corrected chi connectivity index (χ1v) is 5.79. The van der Waals surface area contributed by atoms with E-state index in [0.717, 1.165) is 12.2 Å². The van der Waals surface area contributed by atoms with Crippen LogP contribution in [0, 0.1) is 4.77 Å². The summed E-state index contributed by atoms with van der Waals surface area (Å²) in [6, 6.07) is 10.6. The van der Waals surface area contributed by atoms with Crippen LogP contribution < -0.4 is 0 Å². The molecule has 4 heteroatoms. The minimum Gasteiger partial charge on any atom is -0.301 e. The van der Waals surface area contributed by atoms with Gasteiger partial charge in [-0.05, 0) is 31.6 Å². The molecular weight excluding hydrogens is 218 g/mol. The van der Waals surface area contributed by atoms with Crippen molar-refractivity contribution in [2.75, 3.05) is 0 Å². The topological polar surface area (TPSA) is 33.6 Å². The van der Waals surface area contributed by atoms with Crippen molar-refractivity contribution in [3.8, 4) is 0 Å². The van der Waals surface area contributed by atoms with E-state index >= 15 is 0 Å². The van der Waals surface area contributed by atoms with Crippen LogP contribution in [-0.4, -0.2) is 14.8 Å². The van der Waals surface area contributed by atoms with Crippen molar-refractivity contribution >= 4 is 12.2 Å². The lowest BCUT2D eigenvalue weighted by Crippen LogP contribution is -2.07. The molecule has 84 valence electrons. The third-order valence-electron chi connectivity index (χ3n) is 2.50. The number of nitrogens with zero attached hydrogens (tertiary/aromatic N) is 2. The molecule has 0 saturated carbocycles. The highest BCUT2D eigenvalue weighted by atomic mass is 32.1. The molecule has 0 aliphatic heterocycles. The van der Waals surface area contributed by atoms with E-state index in [1.165, 1.54) is 5.56 Å².